The van der Waals surface area contributed by atoms with Crippen molar-refractivity contribution in [2.45, 2.75) is 6.54 Å². The number of methoxy groups -OCH3 is 1. The number of carbonyl (C=O) groups excluding carboxylic acids is 1. The predicted octanol–water partition coefficient (Wildman–Crippen LogP) is 1.11. The van der Waals surface area contributed by atoms with Crippen LogP contribution in [0.25, 0.3) is 0 Å². The highest BCUT2D eigenvalue weighted by Gasteiger charge is 2.25. The number of hydrogen-bond acceptors (Lipinski definition) is 8. The molecular weight excluding hydrogens is 404 g/mol. The van der Waals surface area contributed by atoms with Crippen LogP contribution in [0.4, 0.5) is 10.5 Å². The molecule has 0 unspecified atom stereocenters. The lowest BCUT2D eigenvalue weighted by Crippen LogP contribution is -2.50. The monoisotopic (exact) mass is 432 g/mol. The smallest absolute Gasteiger partial charge is 0.434 e. The van der Waals surface area contributed by atoms with Crippen LogP contribution in [-0.2, 0) is 11.3 Å². The molecule has 1 amide bonds. The van der Waals surface area contributed by atoms with Crippen LogP contribution in [0.15, 0.2) is 30.3 Å². The zero-order chi connectivity index (χ0) is 21.8. The van der Waals surface area contributed by atoms with Crippen molar-refractivity contribution >= 4 is 11.8 Å². The van der Waals surface area contributed by atoms with Gasteiger partial charge in [0.25, 0.3) is 0 Å². The number of anilines is 1. The van der Waals surface area contributed by atoms with Crippen molar-refractivity contribution in [3.8, 4) is 17.5 Å². The maximum atomic E-state index is 12.3. The van der Waals surface area contributed by atoms with Gasteiger partial charge in [-0.2, -0.15) is 0 Å². The minimum atomic E-state index is -0.617. The number of aromatic hydroxyl groups is 2. The van der Waals surface area contributed by atoms with Gasteiger partial charge in [0.15, 0.2) is 0 Å². The fraction of sp³-hybridized carbons (Fsp3) is 0.476. The van der Waals surface area contributed by atoms with Crippen LogP contribution in [0.3, 0.4) is 0 Å². The van der Waals surface area contributed by atoms with Crippen molar-refractivity contribution in [2.75, 3.05) is 64.5 Å². The summed E-state index contributed by atoms with van der Waals surface area (Å²) in [5.41, 5.74) is 2.23. The Kier molecular flexibility index (Phi) is 6.38. The number of carbonyl (C=O) groups is 1. The number of nitrogens with zero attached hydrogens (tertiary/aromatic N) is 4. The van der Waals surface area contributed by atoms with Crippen molar-refractivity contribution in [1.82, 2.24) is 14.5 Å². The number of amides is 1. The summed E-state index contributed by atoms with van der Waals surface area (Å²) in [5.74, 6) is 0.179. The van der Waals surface area contributed by atoms with Crippen LogP contribution < -0.4 is 14.5 Å². The topological polar surface area (TPSA) is 99.9 Å². The SMILES string of the molecule is COc1cc(N2CCOCC2)ccc1CN1CCN(C(=O)On2c(O)ccc2O)CC1. The van der Waals surface area contributed by atoms with Gasteiger partial charge in [0.2, 0.25) is 11.8 Å². The minimum Gasteiger partial charge on any atom is -0.496 e. The molecule has 1 aromatic carbocycles. The average molecular weight is 432 g/mol. The second-order valence-electron chi connectivity index (χ2n) is 7.56. The molecule has 10 nitrogen and oxygen atoms in total. The van der Waals surface area contributed by atoms with Gasteiger partial charge >= 0.3 is 6.09 Å². The van der Waals surface area contributed by atoms with Gasteiger partial charge < -0.3 is 34.3 Å². The molecule has 2 aromatic rings. The lowest BCUT2D eigenvalue weighted by Gasteiger charge is -2.34. The Morgan fingerprint density at radius 3 is 2.32 bits per heavy atom. The maximum Gasteiger partial charge on any atom is 0.434 e. The molecule has 31 heavy (non-hydrogen) atoms. The number of rotatable bonds is 5. The molecule has 0 saturated carbocycles. The van der Waals surface area contributed by atoms with Gasteiger partial charge in [-0.05, 0) is 6.07 Å². The Balaban J connectivity index is 1.32. The Hall–Kier alpha value is -3.11. The van der Waals surface area contributed by atoms with E-state index in [4.69, 9.17) is 14.3 Å². The van der Waals surface area contributed by atoms with Crippen LogP contribution in [0.2, 0.25) is 0 Å². The van der Waals surface area contributed by atoms with E-state index in [2.05, 4.69) is 28.0 Å². The van der Waals surface area contributed by atoms with Gasteiger partial charge in [-0.15, -0.1) is 4.73 Å². The molecule has 0 atom stereocenters. The third-order valence-corrected chi connectivity index (χ3v) is 5.64. The van der Waals surface area contributed by atoms with Gasteiger partial charge in [0.1, 0.15) is 5.75 Å². The zero-order valence-electron chi connectivity index (χ0n) is 17.6. The Labute approximate surface area is 180 Å². The molecule has 2 fully saturated rings. The quantitative estimate of drug-likeness (QED) is 0.725. The first-order valence-corrected chi connectivity index (χ1v) is 10.3. The molecule has 2 saturated heterocycles. The van der Waals surface area contributed by atoms with E-state index in [-0.39, 0.29) is 11.8 Å². The summed E-state index contributed by atoms with van der Waals surface area (Å²) in [5, 5.41) is 19.2. The lowest BCUT2D eigenvalue weighted by molar-refractivity contribution is 0.0554. The number of ether oxygens (including phenoxy) is 2. The van der Waals surface area contributed by atoms with E-state index in [1.807, 2.05) is 0 Å². The number of aromatic nitrogens is 1. The van der Waals surface area contributed by atoms with E-state index in [0.29, 0.717) is 37.5 Å². The third-order valence-electron chi connectivity index (χ3n) is 5.64. The molecule has 2 aliphatic heterocycles. The summed E-state index contributed by atoms with van der Waals surface area (Å²) >= 11 is 0. The molecule has 1 aromatic heterocycles. The van der Waals surface area contributed by atoms with Crippen LogP contribution in [0.5, 0.6) is 17.5 Å². The zero-order valence-corrected chi connectivity index (χ0v) is 17.6. The normalized spacial score (nSPS) is 17.6. The molecule has 10 heteroatoms. The van der Waals surface area contributed by atoms with Crippen LogP contribution >= 0.6 is 0 Å². The summed E-state index contributed by atoms with van der Waals surface area (Å²) < 4.78 is 11.8. The number of benzene rings is 1. The predicted molar refractivity (Wildman–Crippen MR) is 113 cm³/mol. The highest BCUT2D eigenvalue weighted by atomic mass is 16.7. The largest absolute Gasteiger partial charge is 0.496 e. The van der Waals surface area contributed by atoms with Gasteiger partial charge in [0.05, 0.1) is 20.3 Å². The summed E-state index contributed by atoms with van der Waals surface area (Å²) in [6.07, 6.45) is -0.617. The highest BCUT2D eigenvalue weighted by molar-refractivity contribution is 5.68. The molecule has 4 rings (SSSR count). The van der Waals surface area contributed by atoms with Gasteiger partial charge in [-0.1, -0.05) is 6.07 Å². The number of piperazine rings is 1. The van der Waals surface area contributed by atoms with Gasteiger partial charge in [-0.25, -0.2) is 4.79 Å². The Morgan fingerprint density at radius 2 is 1.68 bits per heavy atom. The lowest BCUT2D eigenvalue weighted by atomic mass is 10.1. The Bertz CT molecular complexity index is 884. The van der Waals surface area contributed by atoms with Crippen molar-refractivity contribution in [2.24, 2.45) is 0 Å². The van der Waals surface area contributed by atoms with Crippen LogP contribution in [0, 0.1) is 0 Å². The van der Waals surface area contributed by atoms with Crippen molar-refractivity contribution in [3.63, 3.8) is 0 Å². The van der Waals surface area contributed by atoms with Crippen LogP contribution in [0.1, 0.15) is 5.56 Å². The molecule has 0 aliphatic carbocycles. The van der Waals surface area contributed by atoms with E-state index in [9.17, 15) is 15.0 Å². The first-order chi connectivity index (χ1) is 15.0. The van der Waals surface area contributed by atoms with Crippen LogP contribution in [-0.4, -0.2) is 90.4 Å². The number of morpholine rings is 1. The van der Waals surface area contributed by atoms with Crippen molar-refractivity contribution < 1.29 is 29.3 Å². The van der Waals surface area contributed by atoms with E-state index < -0.39 is 6.09 Å². The van der Waals surface area contributed by atoms with E-state index >= 15 is 0 Å². The third kappa shape index (κ3) is 4.80. The van der Waals surface area contributed by atoms with Gasteiger partial charge in [0, 0.05) is 75.3 Å². The molecule has 2 aliphatic rings. The first kappa shape index (κ1) is 21.1. The Morgan fingerprint density at radius 1 is 1.00 bits per heavy atom. The average Bonchev–Trinajstić information content (AvgIpc) is 3.12. The molecule has 2 N–H and O–H groups in total. The fourth-order valence-electron chi connectivity index (χ4n) is 3.84. The van der Waals surface area contributed by atoms with Crippen molar-refractivity contribution in [3.05, 3.63) is 35.9 Å². The molecule has 3 heterocycles. The molecular formula is C21H28N4O6. The first-order valence-electron chi connectivity index (χ1n) is 10.3. The highest BCUT2D eigenvalue weighted by Crippen LogP contribution is 2.28. The fourth-order valence-corrected chi connectivity index (χ4v) is 3.84. The standard InChI is InChI=1S/C21H28N4O6/c1-29-18-14-17(23-10-12-30-13-11-23)3-2-16(18)15-22-6-8-24(9-7-22)21(28)31-25-19(26)4-5-20(25)27/h2-5,14,26-27H,6-13,15H2,1H3. The molecule has 0 spiro atoms. The minimum absolute atomic E-state index is 0.336. The van der Waals surface area contributed by atoms with E-state index in [1.165, 1.54) is 12.1 Å². The summed E-state index contributed by atoms with van der Waals surface area (Å²) in [4.78, 5) is 23.5. The van der Waals surface area contributed by atoms with Gasteiger partial charge in [-0.3, -0.25) is 4.90 Å². The molecule has 0 bridgehead atoms. The second-order valence-corrected chi connectivity index (χ2v) is 7.56. The molecule has 168 valence electrons. The van der Waals surface area contributed by atoms with Crippen molar-refractivity contribution in [1.29, 1.82) is 0 Å². The summed E-state index contributed by atoms with van der Waals surface area (Å²) in [6.45, 7) is 6.25. The summed E-state index contributed by atoms with van der Waals surface area (Å²) in [7, 11) is 1.68. The van der Waals surface area contributed by atoms with E-state index in [0.717, 1.165) is 43.3 Å². The summed E-state index contributed by atoms with van der Waals surface area (Å²) in [6, 6.07) is 8.79. The van der Waals surface area contributed by atoms with E-state index in [1.54, 1.807) is 12.0 Å². The maximum absolute atomic E-state index is 12.3. The second kappa shape index (κ2) is 9.36. The number of hydrogen-bond donors (Lipinski definition) is 2. The molecule has 0 radical (unpaired) electrons.